The van der Waals surface area contributed by atoms with Gasteiger partial charge in [0, 0.05) is 28.7 Å². The first-order valence-corrected chi connectivity index (χ1v) is 9.28. The van der Waals surface area contributed by atoms with E-state index in [2.05, 4.69) is 10.2 Å². The Morgan fingerprint density at radius 1 is 1.12 bits per heavy atom. The first-order chi connectivity index (χ1) is 12.5. The molecule has 0 saturated carbocycles. The number of likely N-dealkylation sites (tertiary alicyclic amines) is 1. The second-order valence-electron chi connectivity index (χ2n) is 6.77. The molecule has 2 aromatic carbocycles. The first-order valence-electron chi connectivity index (χ1n) is 8.90. The maximum absolute atomic E-state index is 12.5. The smallest absolute Gasteiger partial charge is 0.227 e. The number of hydrogen-bond acceptors (Lipinski definition) is 3. The van der Waals surface area contributed by atoms with Gasteiger partial charge >= 0.3 is 0 Å². The van der Waals surface area contributed by atoms with Crippen LogP contribution in [-0.2, 0) is 11.3 Å². The fraction of sp³-hybridized carbons (Fsp3) is 0.333. The van der Waals surface area contributed by atoms with Crippen LogP contribution in [0, 0.1) is 5.92 Å². The van der Waals surface area contributed by atoms with E-state index >= 15 is 0 Å². The van der Waals surface area contributed by atoms with E-state index in [1.165, 1.54) is 6.92 Å². The van der Waals surface area contributed by atoms with E-state index in [9.17, 15) is 9.59 Å². The second-order valence-corrected chi connectivity index (χ2v) is 7.18. The zero-order valence-corrected chi connectivity index (χ0v) is 15.6. The summed E-state index contributed by atoms with van der Waals surface area (Å²) in [6.07, 6.45) is 1.64. The van der Waals surface area contributed by atoms with Crippen molar-refractivity contribution in [2.45, 2.75) is 26.3 Å². The summed E-state index contributed by atoms with van der Waals surface area (Å²) in [6, 6.07) is 15.0. The first kappa shape index (κ1) is 18.6. The fourth-order valence-corrected chi connectivity index (χ4v) is 3.48. The fourth-order valence-electron chi connectivity index (χ4n) is 3.28. The number of hydrogen-bond donors (Lipinski definition) is 1. The van der Waals surface area contributed by atoms with E-state index in [1.807, 2.05) is 30.3 Å². The van der Waals surface area contributed by atoms with Gasteiger partial charge in [-0.1, -0.05) is 41.9 Å². The lowest BCUT2D eigenvalue weighted by Gasteiger charge is -2.31. The Bertz CT molecular complexity index is 798. The number of nitrogens with one attached hydrogen (secondary N) is 1. The van der Waals surface area contributed by atoms with Crippen LogP contribution >= 0.6 is 11.6 Å². The Hall–Kier alpha value is -2.17. The summed E-state index contributed by atoms with van der Waals surface area (Å²) in [5.74, 6) is 0.0237. The van der Waals surface area contributed by atoms with Gasteiger partial charge in [0.2, 0.25) is 5.91 Å². The number of Topliss-reactive ketones (excluding diaryl/α,β-unsaturated/α-hetero) is 1. The number of ketones is 1. The number of rotatable bonds is 5. The molecule has 136 valence electrons. The van der Waals surface area contributed by atoms with E-state index in [4.69, 9.17) is 11.6 Å². The Balaban J connectivity index is 1.53. The number of nitrogens with zero attached hydrogens (tertiary/aromatic N) is 1. The van der Waals surface area contributed by atoms with Crippen LogP contribution in [0.2, 0.25) is 5.02 Å². The van der Waals surface area contributed by atoms with Crippen molar-refractivity contribution in [2.75, 3.05) is 18.4 Å². The number of amides is 1. The number of halogens is 1. The number of carbonyl (C=O) groups excluding carboxylic acids is 2. The quantitative estimate of drug-likeness (QED) is 0.794. The summed E-state index contributed by atoms with van der Waals surface area (Å²) in [5.41, 5.74) is 2.41. The summed E-state index contributed by atoms with van der Waals surface area (Å²) in [4.78, 5) is 26.3. The maximum Gasteiger partial charge on any atom is 0.227 e. The standard InChI is InChI=1S/C21H23ClN2O2/c1-15(25)17-6-4-7-19(13-17)23-21(26)16-9-11-24(12-10-16)14-18-5-2-3-8-20(18)22/h2-8,13,16H,9-12,14H2,1H3,(H,23,26). The van der Waals surface area contributed by atoms with Crippen molar-refractivity contribution in [3.05, 3.63) is 64.7 Å². The lowest BCUT2D eigenvalue weighted by Crippen LogP contribution is -2.37. The summed E-state index contributed by atoms with van der Waals surface area (Å²) in [6.45, 7) is 4.08. The van der Waals surface area contributed by atoms with Crippen molar-refractivity contribution in [2.24, 2.45) is 5.92 Å². The lowest BCUT2D eigenvalue weighted by atomic mass is 9.95. The minimum Gasteiger partial charge on any atom is -0.326 e. The minimum absolute atomic E-state index is 0.00141. The zero-order chi connectivity index (χ0) is 18.5. The predicted molar refractivity (Wildman–Crippen MR) is 105 cm³/mol. The predicted octanol–water partition coefficient (Wildman–Crippen LogP) is 4.39. The highest BCUT2D eigenvalue weighted by molar-refractivity contribution is 6.31. The van der Waals surface area contributed by atoms with Crippen molar-refractivity contribution < 1.29 is 9.59 Å². The van der Waals surface area contributed by atoms with E-state index in [-0.39, 0.29) is 17.6 Å². The third-order valence-electron chi connectivity index (χ3n) is 4.85. The topological polar surface area (TPSA) is 49.4 Å². The molecule has 1 heterocycles. The van der Waals surface area contributed by atoms with Gasteiger partial charge in [0.1, 0.15) is 0 Å². The van der Waals surface area contributed by atoms with Gasteiger partial charge in [-0.3, -0.25) is 14.5 Å². The van der Waals surface area contributed by atoms with Crippen molar-refractivity contribution in [3.63, 3.8) is 0 Å². The molecule has 1 saturated heterocycles. The van der Waals surface area contributed by atoms with Crippen LogP contribution in [0.25, 0.3) is 0 Å². The van der Waals surface area contributed by atoms with Gasteiger partial charge in [-0.25, -0.2) is 0 Å². The normalized spacial score (nSPS) is 15.6. The molecule has 1 fully saturated rings. The Kier molecular flexibility index (Phi) is 6.07. The average Bonchev–Trinajstić information content (AvgIpc) is 2.64. The number of carbonyl (C=O) groups is 2. The van der Waals surface area contributed by atoms with Crippen LogP contribution in [0.3, 0.4) is 0 Å². The van der Waals surface area contributed by atoms with Crippen LogP contribution < -0.4 is 5.32 Å². The van der Waals surface area contributed by atoms with Gasteiger partial charge in [0.15, 0.2) is 5.78 Å². The van der Waals surface area contributed by atoms with Gasteiger partial charge in [0.05, 0.1) is 0 Å². The third kappa shape index (κ3) is 4.71. The second kappa shape index (κ2) is 8.47. The van der Waals surface area contributed by atoms with E-state index in [1.54, 1.807) is 18.2 Å². The summed E-state index contributed by atoms with van der Waals surface area (Å²) < 4.78 is 0. The van der Waals surface area contributed by atoms with Crippen molar-refractivity contribution in [1.29, 1.82) is 0 Å². The molecule has 0 atom stereocenters. The number of piperidine rings is 1. The van der Waals surface area contributed by atoms with E-state index in [0.29, 0.717) is 11.3 Å². The molecule has 1 aliphatic heterocycles. The molecule has 1 aliphatic rings. The molecular formula is C21H23ClN2O2. The molecule has 0 spiro atoms. The van der Waals surface area contributed by atoms with E-state index in [0.717, 1.165) is 43.1 Å². The molecule has 2 aromatic rings. The highest BCUT2D eigenvalue weighted by atomic mass is 35.5. The molecule has 3 rings (SSSR count). The number of benzene rings is 2. The highest BCUT2D eigenvalue weighted by Crippen LogP contribution is 2.23. The molecule has 0 bridgehead atoms. The molecule has 26 heavy (non-hydrogen) atoms. The van der Waals surface area contributed by atoms with E-state index < -0.39 is 0 Å². The molecular weight excluding hydrogens is 348 g/mol. The van der Waals surface area contributed by atoms with Gasteiger partial charge in [-0.05, 0) is 56.6 Å². The maximum atomic E-state index is 12.5. The van der Waals surface area contributed by atoms with Crippen LogP contribution in [0.1, 0.15) is 35.7 Å². The Labute approximate surface area is 159 Å². The summed E-state index contributed by atoms with van der Waals surface area (Å²) >= 11 is 6.23. The monoisotopic (exact) mass is 370 g/mol. The largest absolute Gasteiger partial charge is 0.326 e. The van der Waals surface area contributed by atoms with Crippen molar-refractivity contribution in [3.8, 4) is 0 Å². The highest BCUT2D eigenvalue weighted by Gasteiger charge is 2.25. The Morgan fingerprint density at radius 3 is 2.54 bits per heavy atom. The summed E-state index contributed by atoms with van der Waals surface area (Å²) in [7, 11) is 0. The van der Waals surface area contributed by atoms with Crippen LogP contribution in [0.5, 0.6) is 0 Å². The SMILES string of the molecule is CC(=O)c1cccc(NC(=O)C2CCN(Cc3ccccc3Cl)CC2)c1. The minimum atomic E-state index is -0.00557. The van der Waals surface area contributed by atoms with Gasteiger partial charge in [0.25, 0.3) is 0 Å². The Morgan fingerprint density at radius 2 is 1.85 bits per heavy atom. The zero-order valence-electron chi connectivity index (χ0n) is 14.9. The third-order valence-corrected chi connectivity index (χ3v) is 5.22. The van der Waals surface area contributed by atoms with Crippen LogP contribution in [0.15, 0.2) is 48.5 Å². The molecule has 0 aliphatic carbocycles. The average molecular weight is 371 g/mol. The molecule has 0 aromatic heterocycles. The van der Waals surface area contributed by atoms with Crippen LogP contribution in [-0.4, -0.2) is 29.7 Å². The van der Waals surface area contributed by atoms with Gasteiger partial charge in [-0.15, -0.1) is 0 Å². The molecule has 4 nitrogen and oxygen atoms in total. The van der Waals surface area contributed by atoms with Gasteiger partial charge < -0.3 is 5.32 Å². The number of anilines is 1. The summed E-state index contributed by atoms with van der Waals surface area (Å²) in [5, 5.41) is 3.74. The molecule has 1 N–H and O–H groups in total. The molecule has 5 heteroatoms. The van der Waals surface area contributed by atoms with Crippen molar-refractivity contribution >= 4 is 29.0 Å². The van der Waals surface area contributed by atoms with Crippen LogP contribution in [0.4, 0.5) is 5.69 Å². The lowest BCUT2D eigenvalue weighted by molar-refractivity contribution is -0.121. The van der Waals surface area contributed by atoms with Gasteiger partial charge in [-0.2, -0.15) is 0 Å². The van der Waals surface area contributed by atoms with Crippen molar-refractivity contribution in [1.82, 2.24) is 4.90 Å². The molecule has 0 radical (unpaired) electrons. The molecule has 0 unspecified atom stereocenters. The molecule has 1 amide bonds.